The molecule has 0 atom stereocenters. The molecule has 0 heterocycles. The molecule has 4 aliphatic rings. The zero-order chi connectivity index (χ0) is 16.6. The zero-order valence-electron chi connectivity index (χ0n) is 13.1. The maximum Gasteiger partial charge on any atom is 0.309 e. The molecule has 4 aliphatic carbocycles. The number of carboxylic acid groups (broad SMARTS) is 1. The summed E-state index contributed by atoms with van der Waals surface area (Å²) in [5.41, 5.74) is 5.06. The summed E-state index contributed by atoms with van der Waals surface area (Å²) in [6.45, 7) is 0. The molecule has 4 fully saturated rings. The molecule has 1 amide bonds. The normalized spacial score (nSPS) is 33.7. The van der Waals surface area contributed by atoms with Crippen LogP contribution in [0.5, 0.6) is 5.75 Å². The summed E-state index contributed by atoms with van der Waals surface area (Å²) in [6.07, 6.45) is 6.92. The average Bonchev–Trinajstić information content (AvgIpc) is 2.47. The first-order chi connectivity index (χ1) is 10.9. The molecule has 5 heteroatoms. The van der Waals surface area contributed by atoms with Gasteiger partial charge in [0, 0.05) is 5.56 Å². The molecule has 4 N–H and O–H groups in total. The van der Waals surface area contributed by atoms with Gasteiger partial charge in [-0.3, -0.25) is 9.59 Å². The van der Waals surface area contributed by atoms with E-state index in [1.54, 1.807) is 0 Å². The first-order valence-electron chi connectivity index (χ1n) is 8.20. The number of carbonyl (C=O) groups excluding carboxylic acids is 1. The number of carboxylic acids is 1. The molecule has 4 bridgehead atoms. The van der Waals surface area contributed by atoms with Gasteiger partial charge in [0.05, 0.1) is 5.41 Å². The van der Waals surface area contributed by atoms with Crippen molar-refractivity contribution in [3.63, 3.8) is 0 Å². The molecule has 5 nitrogen and oxygen atoms in total. The molecule has 0 aliphatic heterocycles. The average molecular weight is 317 g/mol. The van der Waals surface area contributed by atoms with Crippen molar-refractivity contribution >= 4 is 11.9 Å². The second-order valence-electron chi connectivity index (χ2n) is 7.41. The highest BCUT2D eigenvalue weighted by atomic mass is 16.4. The summed E-state index contributed by atoms with van der Waals surface area (Å²) in [6, 6.07) is 5.77. The monoisotopic (exact) mass is 317 g/mol. The Hall–Kier alpha value is -2.04. The van der Waals surface area contributed by atoms with Crippen LogP contribution >= 0.6 is 0 Å². The van der Waals surface area contributed by atoms with Gasteiger partial charge in [-0.05, 0) is 80.5 Å². The van der Waals surface area contributed by atoms with E-state index >= 15 is 0 Å². The minimum Gasteiger partial charge on any atom is -0.508 e. The number of hydrogen-bond donors (Lipinski definition) is 3. The number of rotatable bonds is 2. The van der Waals surface area contributed by atoms with E-state index in [1.165, 1.54) is 43.5 Å². The number of aliphatic carboxylic acids is 1. The molecule has 0 saturated heterocycles. The Morgan fingerprint density at radius 2 is 1.39 bits per heavy atom. The van der Waals surface area contributed by atoms with Crippen molar-refractivity contribution in [1.29, 1.82) is 0 Å². The zero-order valence-corrected chi connectivity index (χ0v) is 13.1. The Bertz CT molecular complexity index is 573. The minimum absolute atomic E-state index is 0.130. The van der Waals surface area contributed by atoms with Crippen molar-refractivity contribution in [2.75, 3.05) is 0 Å². The molecule has 23 heavy (non-hydrogen) atoms. The van der Waals surface area contributed by atoms with Crippen molar-refractivity contribution in [2.24, 2.45) is 28.9 Å². The van der Waals surface area contributed by atoms with Crippen LogP contribution in [0, 0.1) is 23.2 Å². The van der Waals surface area contributed by atoms with Gasteiger partial charge in [-0.15, -0.1) is 0 Å². The van der Waals surface area contributed by atoms with Crippen LogP contribution < -0.4 is 5.73 Å². The fourth-order valence-electron chi connectivity index (χ4n) is 5.00. The third-order valence-corrected chi connectivity index (χ3v) is 5.64. The van der Waals surface area contributed by atoms with Gasteiger partial charge in [0.1, 0.15) is 5.75 Å². The summed E-state index contributed by atoms with van der Waals surface area (Å²) in [7, 11) is 0. The maximum atomic E-state index is 11.3. The van der Waals surface area contributed by atoms with Gasteiger partial charge >= 0.3 is 5.97 Å². The molecule has 1 aromatic rings. The Balaban J connectivity index is 0.000000142. The highest BCUT2D eigenvalue weighted by Gasteiger charge is 2.54. The van der Waals surface area contributed by atoms with Gasteiger partial charge in [0.15, 0.2) is 0 Å². The van der Waals surface area contributed by atoms with Crippen LogP contribution in [0.4, 0.5) is 0 Å². The smallest absolute Gasteiger partial charge is 0.309 e. The maximum absolute atomic E-state index is 11.3. The predicted molar refractivity (Wildman–Crippen MR) is 84.9 cm³/mol. The van der Waals surface area contributed by atoms with Crippen LogP contribution in [-0.2, 0) is 4.79 Å². The number of phenols is 1. The number of amides is 1. The van der Waals surface area contributed by atoms with Crippen molar-refractivity contribution in [3.05, 3.63) is 29.8 Å². The highest BCUT2D eigenvalue weighted by Crippen LogP contribution is 2.59. The van der Waals surface area contributed by atoms with Crippen molar-refractivity contribution < 1.29 is 19.8 Å². The number of phenolic OH excluding ortho intramolecular Hbond substituents is 1. The largest absolute Gasteiger partial charge is 0.508 e. The summed E-state index contributed by atoms with van der Waals surface area (Å²) in [5, 5.41) is 18.1. The molecule has 5 rings (SSSR count). The molecular formula is C18H23NO4. The lowest BCUT2D eigenvalue weighted by Gasteiger charge is -2.54. The van der Waals surface area contributed by atoms with E-state index in [-0.39, 0.29) is 11.2 Å². The van der Waals surface area contributed by atoms with Gasteiger partial charge in [-0.1, -0.05) is 0 Å². The first kappa shape index (κ1) is 15.8. The number of carbonyl (C=O) groups is 2. The van der Waals surface area contributed by atoms with Crippen LogP contribution in [0.15, 0.2) is 24.3 Å². The lowest BCUT2D eigenvalue weighted by Crippen LogP contribution is -2.49. The Labute approximate surface area is 135 Å². The van der Waals surface area contributed by atoms with Gasteiger partial charge in [0.25, 0.3) is 0 Å². The first-order valence-corrected chi connectivity index (χ1v) is 8.20. The quantitative estimate of drug-likeness (QED) is 0.780. The molecule has 0 unspecified atom stereocenters. The Kier molecular flexibility index (Phi) is 4.04. The highest BCUT2D eigenvalue weighted by molar-refractivity contribution is 5.92. The van der Waals surface area contributed by atoms with Gasteiger partial charge in [-0.2, -0.15) is 0 Å². The Morgan fingerprint density at radius 3 is 1.74 bits per heavy atom. The molecule has 0 spiro atoms. The summed E-state index contributed by atoms with van der Waals surface area (Å²) in [4.78, 5) is 21.7. The standard InChI is InChI=1S/C11H16O2.C7H7NO2/c12-10(13)11-4-7-1-8(5-11)3-9(2-7)6-11;8-7(10)5-1-3-6(9)4-2-5/h7-9H,1-6H2,(H,12,13);1-4,9H,(H2,8,10). The lowest BCUT2D eigenvalue weighted by molar-refractivity contribution is -0.164. The summed E-state index contributed by atoms with van der Waals surface area (Å²) in [5.74, 6) is 1.39. The molecular weight excluding hydrogens is 294 g/mol. The van der Waals surface area contributed by atoms with Crippen molar-refractivity contribution in [1.82, 2.24) is 0 Å². The van der Waals surface area contributed by atoms with Gasteiger partial charge in [0.2, 0.25) is 5.91 Å². The fraction of sp³-hybridized carbons (Fsp3) is 0.556. The summed E-state index contributed by atoms with van der Waals surface area (Å²) >= 11 is 0. The van der Waals surface area contributed by atoms with E-state index in [1.807, 2.05) is 0 Å². The minimum atomic E-state index is -0.508. The van der Waals surface area contributed by atoms with Gasteiger partial charge in [-0.25, -0.2) is 0 Å². The van der Waals surface area contributed by atoms with E-state index in [4.69, 9.17) is 10.8 Å². The SMILES string of the molecule is NC(=O)c1ccc(O)cc1.O=C(O)C12CC3CC(CC(C3)C1)C2. The predicted octanol–water partition coefficient (Wildman–Crippen LogP) is 2.78. The second-order valence-corrected chi connectivity index (χ2v) is 7.41. The Morgan fingerprint density at radius 1 is 0.957 bits per heavy atom. The second kappa shape index (κ2) is 5.87. The molecule has 1 aromatic carbocycles. The summed E-state index contributed by atoms with van der Waals surface area (Å²) < 4.78 is 0. The van der Waals surface area contributed by atoms with E-state index in [9.17, 15) is 14.7 Å². The van der Waals surface area contributed by atoms with Crippen LogP contribution in [0.3, 0.4) is 0 Å². The number of primary amides is 1. The lowest BCUT2D eigenvalue weighted by atomic mass is 9.49. The van der Waals surface area contributed by atoms with E-state index in [2.05, 4.69) is 0 Å². The van der Waals surface area contributed by atoms with Crippen LogP contribution in [0.25, 0.3) is 0 Å². The van der Waals surface area contributed by atoms with E-state index in [0.717, 1.165) is 37.0 Å². The van der Waals surface area contributed by atoms with Crippen LogP contribution in [-0.4, -0.2) is 22.1 Å². The van der Waals surface area contributed by atoms with Crippen LogP contribution in [0.1, 0.15) is 48.9 Å². The number of benzene rings is 1. The number of hydrogen-bond acceptors (Lipinski definition) is 3. The van der Waals surface area contributed by atoms with Crippen LogP contribution in [0.2, 0.25) is 0 Å². The number of aromatic hydroxyl groups is 1. The third kappa shape index (κ3) is 3.19. The van der Waals surface area contributed by atoms with E-state index < -0.39 is 11.9 Å². The fourth-order valence-corrected chi connectivity index (χ4v) is 5.00. The topological polar surface area (TPSA) is 101 Å². The van der Waals surface area contributed by atoms with Gasteiger partial charge < -0.3 is 15.9 Å². The molecule has 0 radical (unpaired) electrons. The third-order valence-electron chi connectivity index (χ3n) is 5.64. The molecule has 124 valence electrons. The van der Waals surface area contributed by atoms with Crippen molar-refractivity contribution in [2.45, 2.75) is 38.5 Å². The van der Waals surface area contributed by atoms with Crippen molar-refractivity contribution in [3.8, 4) is 5.75 Å². The number of nitrogens with two attached hydrogens (primary N) is 1. The van der Waals surface area contributed by atoms with E-state index in [0.29, 0.717) is 5.56 Å². The molecule has 0 aromatic heterocycles. The molecule has 4 saturated carbocycles.